The molecule has 2 fully saturated rings. The number of nitrogens with one attached hydrogen (secondary N) is 1. The predicted molar refractivity (Wildman–Crippen MR) is 118 cm³/mol. The van der Waals surface area contributed by atoms with Gasteiger partial charge in [-0.25, -0.2) is 13.6 Å². The van der Waals surface area contributed by atoms with Gasteiger partial charge in [0, 0.05) is 30.0 Å². The quantitative estimate of drug-likeness (QED) is 0.568. The number of anilines is 1. The first-order chi connectivity index (χ1) is 16.2. The van der Waals surface area contributed by atoms with Gasteiger partial charge in [-0.15, -0.1) is 0 Å². The molecule has 2 amide bonds. The SMILES string of the molecule is CC(C)c1nc(-c2cccc(F)c2NC(=O)N2CCC(C)(c3noc([C@@H]4C[C@@H]4F)n3)CC2)no1. The summed E-state index contributed by atoms with van der Waals surface area (Å²) in [7, 11) is 0. The second-order valence-corrected chi connectivity index (χ2v) is 9.57. The molecule has 5 rings (SSSR count). The van der Waals surface area contributed by atoms with Gasteiger partial charge < -0.3 is 19.3 Å². The summed E-state index contributed by atoms with van der Waals surface area (Å²) >= 11 is 0. The third-order valence-corrected chi connectivity index (χ3v) is 6.59. The van der Waals surface area contributed by atoms with Crippen molar-refractivity contribution >= 4 is 11.7 Å². The average Bonchev–Trinajstić information content (AvgIpc) is 3.22. The Morgan fingerprint density at radius 3 is 2.59 bits per heavy atom. The van der Waals surface area contributed by atoms with Crippen LogP contribution in [-0.2, 0) is 5.41 Å². The van der Waals surface area contributed by atoms with Gasteiger partial charge in [-0.1, -0.05) is 37.2 Å². The van der Waals surface area contributed by atoms with E-state index < -0.39 is 18.0 Å². The van der Waals surface area contributed by atoms with Crippen LogP contribution in [0.4, 0.5) is 19.3 Å². The Hall–Kier alpha value is -3.37. The maximum absolute atomic E-state index is 14.7. The molecule has 180 valence electrons. The van der Waals surface area contributed by atoms with Crippen LogP contribution in [0.1, 0.15) is 69.5 Å². The lowest BCUT2D eigenvalue weighted by molar-refractivity contribution is 0.169. The Kier molecular flexibility index (Phi) is 5.57. The molecule has 0 spiro atoms. The lowest BCUT2D eigenvalue weighted by Crippen LogP contribution is -2.46. The fraction of sp³-hybridized carbons (Fsp3) is 0.522. The van der Waals surface area contributed by atoms with E-state index >= 15 is 0 Å². The molecule has 0 bridgehead atoms. The summed E-state index contributed by atoms with van der Waals surface area (Å²) in [4.78, 5) is 23.4. The Morgan fingerprint density at radius 1 is 1.21 bits per heavy atom. The molecule has 1 saturated heterocycles. The normalized spacial score (nSPS) is 21.6. The van der Waals surface area contributed by atoms with E-state index in [-0.39, 0.29) is 28.8 Å². The highest BCUT2D eigenvalue weighted by atomic mass is 19.1. The summed E-state index contributed by atoms with van der Waals surface area (Å²) in [6.07, 6.45) is 0.706. The van der Waals surface area contributed by atoms with Crippen LogP contribution in [-0.4, -0.2) is 50.5 Å². The number of urea groups is 1. The fourth-order valence-electron chi connectivity index (χ4n) is 4.08. The number of rotatable bonds is 5. The molecule has 1 aromatic carbocycles. The maximum atomic E-state index is 14.7. The van der Waals surface area contributed by atoms with E-state index in [1.165, 1.54) is 12.1 Å². The van der Waals surface area contributed by atoms with Crippen LogP contribution in [0.25, 0.3) is 11.4 Å². The first-order valence-electron chi connectivity index (χ1n) is 11.4. The molecule has 34 heavy (non-hydrogen) atoms. The molecule has 1 aliphatic carbocycles. The van der Waals surface area contributed by atoms with Gasteiger partial charge in [0.1, 0.15) is 12.0 Å². The molecule has 2 aliphatic rings. The van der Waals surface area contributed by atoms with E-state index in [1.807, 2.05) is 20.8 Å². The van der Waals surface area contributed by atoms with Crippen molar-refractivity contribution in [3.8, 4) is 11.4 Å². The van der Waals surface area contributed by atoms with Crippen LogP contribution in [0.15, 0.2) is 27.2 Å². The van der Waals surface area contributed by atoms with Gasteiger partial charge in [0.15, 0.2) is 5.82 Å². The highest BCUT2D eigenvalue weighted by Gasteiger charge is 2.45. The van der Waals surface area contributed by atoms with Crippen LogP contribution in [0.2, 0.25) is 0 Å². The fourth-order valence-corrected chi connectivity index (χ4v) is 4.08. The van der Waals surface area contributed by atoms with Crippen molar-refractivity contribution in [2.24, 2.45) is 0 Å². The van der Waals surface area contributed by atoms with Crippen molar-refractivity contribution < 1.29 is 22.6 Å². The largest absolute Gasteiger partial charge is 0.339 e. The second kappa shape index (κ2) is 8.44. The standard InChI is InChI=1S/C23H26F2N6O3/c1-12(2)19-27-18(29-33-19)13-5-4-6-15(24)17(13)26-22(32)31-9-7-23(3,8-10-31)21-28-20(34-30-21)14-11-16(14)25/h4-6,12,14,16H,7-11H2,1-3H3,(H,26,32)/t14-,16+/m1/s1. The number of likely N-dealkylation sites (tertiary alicyclic amines) is 1. The number of para-hydroxylation sites is 1. The molecule has 0 radical (unpaired) electrons. The van der Waals surface area contributed by atoms with Crippen molar-refractivity contribution in [1.82, 2.24) is 25.2 Å². The minimum absolute atomic E-state index is 0.00459. The number of nitrogens with zero attached hydrogens (tertiary/aromatic N) is 5. The van der Waals surface area contributed by atoms with Crippen molar-refractivity contribution in [2.45, 2.75) is 63.5 Å². The molecule has 3 aromatic rings. The zero-order valence-electron chi connectivity index (χ0n) is 19.2. The Bertz CT molecular complexity index is 1200. The first-order valence-corrected chi connectivity index (χ1v) is 11.4. The van der Waals surface area contributed by atoms with Gasteiger partial charge in [0.25, 0.3) is 0 Å². The van der Waals surface area contributed by atoms with Crippen LogP contribution in [0.3, 0.4) is 0 Å². The number of carbonyl (C=O) groups is 1. The summed E-state index contributed by atoms with van der Waals surface area (Å²) in [6, 6.07) is 4.01. The Balaban J connectivity index is 1.27. The Morgan fingerprint density at radius 2 is 1.94 bits per heavy atom. The van der Waals surface area contributed by atoms with E-state index in [0.29, 0.717) is 55.5 Å². The number of benzene rings is 1. The zero-order valence-corrected chi connectivity index (χ0v) is 19.2. The third-order valence-electron chi connectivity index (χ3n) is 6.59. The molecular weight excluding hydrogens is 446 g/mol. The maximum Gasteiger partial charge on any atom is 0.321 e. The molecule has 2 aromatic heterocycles. The summed E-state index contributed by atoms with van der Waals surface area (Å²) in [5, 5.41) is 10.7. The van der Waals surface area contributed by atoms with Gasteiger partial charge in [0.2, 0.25) is 17.6 Å². The number of piperidine rings is 1. The van der Waals surface area contributed by atoms with Gasteiger partial charge in [-0.2, -0.15) is 9.97 Å². The van der Waals surface area contributed by atoms with E-state index in [9.17, 15) is 13.6 Å². The number of carbonyl (C=O) groups excluding carboxylic acids is 1. The molecule has 9 nitrogen and oxygen atoms in total. The van der Waals surface area contributed by atoms with Gasteiger partial charge in [0.05, 0.1) is 11.6 Å². The number of hydrogen-bond donors (Lipinski definition) is 1. The topological polar surface area (TPSA) is 110 Å². The number of alkyl halides is 1. The number of amides is 2. The minimum Gasteiger partial charge on any atom is -0.339 e. The zero-order chi connectivity index (χ0) is 24.0. The van der Waals surface area contributed by atoms with Gasteiger partial charge in [-0.3, -0.25) is 0 Å². The molecular formula is C23H26F2N6O3. The number of aromatic nitrogens is 4. The minimum atomic E-state index is -0.903. The number of halogens is 2. The van der Waals surface area contributed by atoms with Crippen molar-refractivity contribution in [2.75, 3.05) is 18.4 Å². The Labute approximate surface area is 194 Å². The summed E-state index contributed by atoms with van der Waals surface area (Å²) < 4.78 is 38.5. The van der Waals surface area contributed by atoms with Crippen LogP contribution in [0, 0.1) is 5.82 Å². The molecule has 3 heterocycles. The predicted octanol–water partition coefficient (Wildman–Crippen LogP) is 4.79. The highest BCUT2D eigenvalue weighted by molar-refractivity contribution is 5.94. The lowest BCUT2D eigenvalue weighted by atomic mass is 9.80. The molecule has 11 heteroatoms. The highest BCUT2D eigenvalue weighted by Crippen LogP contribution is 2.44. The van der Waals surface area contributed by atoms with Crippen molar-refractivity contribution in [3.63, 3.8) is 0 Å². The third kappa shape index (κ3) is 4.14. The smallest absolute Gasteiger partial charge is 0.321 e. The number of hydrogen-bond acceptors (Lipinski definition) is 7. The summed E-state index contributed by atoms with van der Waals surface area (Å²) in [5.41, 5.74) is -0.0401. The molecule has 2 atom stereocenters. The van der Waals surface area contributed by atoms with Crippen molar-refractivity contribution in [3.05, 3.63) is 41.6 Å². The molecule has 0 unspecified atom stereocenters. The molecule has 1 aliphatic heterocycles. The van der Waals surface area contributed by atoms with E-state index in [2.05, 4.69) is 25.6 Å². The monoisotopic (exact) mass is 472 g/mol. The first kappa shape index (κ1) is 22.4. The molecule has 1 saturated carbocycles. The lowest BCUT2D eigenvalue weighted by Gasteiger charge is -2.37. The van der Waals surface area contributed by atoms with Crippen LogP contribution < -0.4 is 5.32 Å². The average molecular weight is 472 g/mol. The van der Waals surface area contributed by atoms with Gasteiger partial charge in [-0.05, 0) is 31.4 Å². The van der Waals surface area contributed by atoms with E-state index in [4.69, 9.17) is 9.05 Å². The van der Waals surface area contributed by atoms with Gasteiger partial charge >= 0.3 is 6.03 Å². The summed E-state index contributed by atoms with van der Waals surface area (Å²) in [6.45, 7) is 6.67. The van der Waals surface area contributed by atoms with E-state index in [0.717, 1.165) is 0 Å². The summed E-state index contributed by atoms with van der Waals surface area (Å²) in [5.74, 6) is 0.669. The van der Waals surface area contributed by atoms with E-state index in [1.54, 1.807) is 11.0 Å². The van der Waals surface area contributed by atoms with Crippen molar-refractivity contribution in [1.29, 1.82) is 0 Å². The van der Waals surface area contributed by atoms with Crippen LogP contribution in [0.5, 0.6) is 0 Å². The molecule has 1 N–H and O–H groups in total. The van der Waals surface area contributed by atoms with Crippen LogP contribution >= 0.6 is 0 Å². The second-order valence-electron chi connectivity index (χ2n) is 9.57.